The van der Waals surface area contributed by atoms with E-state index in [1.807, 2.05) is 19.1 Å². The van der Waals surface area contributed by atoms with E-state index in [9.17, 15) is 4.57 Å². The van der Waals surface area contributed by atoms with Crippen molar-refractivity contribution in [1.29, 1.82) is 0 Å². The first kappa shape index (κ1) is 16.6. The van der Waals surface area contributed by atoms with Crippen LogP contribution in [0.4, 0.5) is 11.6 Å². The Morgan fingerprint density at radius 3 is 2.50 bits per heavy atom. The molecule has 2 heterocycles. The molecule has 1 N–H and O–H groups in total. The molecule has 2 aromatic rings. The molecule has 0 unspecified atom stereocenters. The third kappa shape index (κ3) is 3.91. The molecule has 118 valence electrons. The van der Waals surface area contributed by atoms with E-state index in [1.165, 1.54) is 0 Å². The minimum Gasteiger partial charge on any atom is -0.324 e. The monoisotopic (exact) mass is 321 g/mol. The van der Waals surface area contributed by atoms with E-state index in [0.29, 0.717) is 16.9 Å². The van der Waals surface area contributed by atoms with Gasteiger partial charge in [-0.2, -0.15) is 0 Å². The number of anilines is 2. The van der Waals surface area contributed by atoms with Gasteiger partial charge in [0, 0.05) is 12.4 Å². The maximum absolute atomic E-state index is 13.0. The molecule has 0 spiro atoms. The number of hydrogen-bond donors (Lipinski definition) is 1. The number of pyridine rings is 2. The predicted molar refractivity (Wildman–Crippen MR) is 87.0 cm³/mol. The van der Waals surface area contributed by atoms with Crippen molar-refractivity contribution in [3.05, 3.63) is 42.2 Å². The van der Waals surface area contributed by atoms with Crippen molar-refractivity contribution < 1.29 is 13.6 Å². The van der Waals surface area contributed by atoms with Gasteiger partial charge in [-0.1, -0.05) is 6.07 Å². The number of nitrogens with one attached hydrogen (secondary N) is 1. The van der Waals surface area contributed by atoms with Crippen LogP contribution in [0.1, 0.15) is 19.4 Å². The Labute approximate surface area is 130 Å². The van der Waals surface area contributed by atoms with Crippen LogP contribution in [0.5, 0.6) is 0 Å². The largest absolute Gasteiger partial charge is 0.365 e. The fourth-order valence-electron chi connectivity index (χ4n) is 1.93. The second-order valence-corrected chi connectivity index (χ2v) is 6.55. The van der Waals surface area contributed by atoms with Gasteiger partial charge < -0.3 is 14.4 Å². The van der Waals surface area contributed by atoms with Crippen molar-refractivity contribution in [3.8, 4) is 0 Å². The van der Waals surface area contributed by atoms with Gasteiger partial charge in [-0.3, -0.25) is 4.57 Å². The molecule has 0 saturated carbocycles. The van der Waals surface area contributed by atoms with E-state index in [-0.39, 0.29) is 13.2 Å². The van der Waals surface area contributed by atoms with Crippen LogP contribution in [0.2, 0.25) is 0 Å². The van der Waals surface area contributed by atoms with Gasteiger partial charge in [0.15, 0.2) is 0 Å². The van der Waals surface area contributed by atoms with Gasteiger partial charge in [-0.25, -0.2) is 9.97 Å². The summed E-state index contributed by atoms with van der Waals surface area (Å²) in [4.78, 5) is 8.51. The third-order valence-corrected chi connectivity index (χ3v) is 4.94. The Bertz CT molecular complexity index is 654. The van der Waals surface area contributed by atoms with Gasteiger partial charge >= 0.3 is 7.60 Å². The zero-order valence-electron chi connectivity index (χ0n) is 12.9. The summed E-state index contributed by atoms with van der Waals surface area (Å²) < 4.78 is 23.9. The molecule has 7 heteroatoms. The summed E-state index contributed by atoms with van der Waals surface area (Å²) in [6.07, 6.45) is 3.36. The lowest BCUT2D eigenvalue weighted by molar-refractivity contribution is 0.230. The van der Waals surface area contributed by atoms with E-state index < -0.39 is 7.60 Å². The molecule has 0 saturated heterocycles. The molecule has 0 atom stereocenters. The van der Waals surface area contributed by atoms with Crippen molar-refractivity contribution >= 4 is 24.5 Å². The Morgan fingerprint density at radius 1 is 1.18 bits per heavy atom. The molecule has 6 nitrogen and oxygen atoms in total. The summed E-state index contributed by atoms with van der Waals surface area (Å²) in [5, 5.41) is 3.49. The summed E-state index contributed by atoms with van der Waals surface area (Å²) in [7, 11) is -3.43. The topological polar surface area (TPSA) is 73.3 Å². The lowest BCUT2D eigenvalue weighted by atomic mass is 10.3. The Morgan fingerprint density at radius 2 is 1.91 bits per heavy atom. The maximum atomic E-state index is 13.0. The van der Waals surface area contributed by atoms with Crippen LogP contribution >= 0.6 is 7.60 Å². The van der Waals surface area contributed by atoms with Crippen molar-refractivity contribution in [2.24, 2.45) is 0 Å². The quantitative estimate of drug-likeness (QED) is 0.788. The highest BCUT2D eigenvalue weighted by Gasteiger charge is 2.31. The fraction of sp³-hybridized carbons (Fsp3) is 0.333. The van der Waals surface area contributed by atoms with E-state index in [2.05, 4.69) is 15.3 Å². The first-order valence-electron chi connectivity index (χ1n) is 7.13. The molecular weight excluding hydrogens is 301 g/mol. The van der Waals surface area contributed by atoms with Gasteiger partial charge in [-0.05, 0) is 44.5 Å². The molecule has 0 aliphatic heterocycles. The van der Waals surface area contributed by atoms with Crippen molar-refractivity contribution in [1.82, 2.24) is 9.97 Å². The molecule has 0 aliphatic rings. The maximum Gasteiger partial charge on any atom is 0.365 e. The molecule has 0 bridgehead atoms. The highest BCUT2D eigenvalue weighted by Crippen LogP contribution is 2.48. The highest BCUT2D eigenvalue weighted by atomic mass is 31.2. The van der Waals surface area contributed by atoms with Gasteiger partial charge in [-0.15, -0.1) is 0 Å². The third-order valence-electron chi connectivity index (χ3n) is 2.81. The summed E-state index contributed by atoms with van der Waals surface area (Å²) in [6.45, 7) is 6.01. The minimum absolute atomic E-state index is 0.286. The van der Waals surface area contributed by atoms with Gasteiger partial charge in [0.25, 0.3) is 0 Å². The molecule has 2 aromatic heterocycles. The van der Waals surface area contributed by atoms with Crippen LogP contribution in [0, 0.1) is 6.92 Å². The number of aryl methyl sites for hydroxylation is 1. The van der Waals surface area contributed by atoms with Crippen LogP contribution in [0.25, 0.3) is 0 Å². The van der Waals surface area contributed by atoms with Crippen LogP contribution in [-0.4, -0.2) is 23.2 Å². The molecule has 0 radical (unpaired) electrons. The zero-order chi connectivity index (χ0) is 16.0. The number of nitrogens with zero attached hydrogens (tertiary/aromatic N) is 2. The number of aromatic nitrogens is 2. The van der Waals surface area contributed by atoms with E-state index in [1.54, 1.807) is 38.4 Å². The average Bonchev–Trinajstić information content (AvgIpc) is 2.50. The number of rotatable bonds is 7. The summed E-state index contributed by atoms with van der Waals surface area (Å²) in [6, 6.07) is 7.25. The van der Waals surface area contributed by atoms with Crippen LogP contribution in [0.15, 0.2) is 36.7 Å². The minimum atomic E-state index is -3.43. The van der Waals surface area contributed by atoms with E-state index in [4.69, 9.17) is 9.05 Å². The molecule has 2 rings (SSSR count). The molecule has 0 aliphatic carbocycles. The lowest BCUT2D eigenvalue weighted by Gasteiger charge is -2.20. The second kappa shape index (κ2) is 7.49. The highest BCUT2D eigenvalue weighted by molar-refractivity contribution is 7.62. The molecular formula is C15H20N3O3P. The van der Waals surface area contributed by atoms with Crippen LogP contribution in [-0.2, 0) is 13.6 Å². The van der Waals surface area contributed by atoms with Crippen LogP contribution < -0.4 is 10.6 Å². The average molecular weight is 321 g/mol. The number of hydrogen-bond acceptors (Lipinski definition) is 6. The predicted octanol–water partition coefficient (Wildman–Crippen LogP) is 3.42. The molecule has 22 heavy (non-hydrogen) atoms. The SMILES string of the molecule is CCOP(=O)(OCC)c1cc(C)cnc1Nc1ccccn1. The second-order valence-electron chi connectivity index (χ2n) is 4.55. The normalized spacial score (nSPS) is 11.4. The molecule has 0 fully saturated rings. The standard InChI is InChI=1S/C15H20N3O3P/c1-4-20-22(19,21-5-2)13-10-12(3)11-17-15(13)18-14-8-6-7-9-16-14/h6-11H,4-5H2,1-3H3,(H,16,17,18). The molecule has 0 amide bonds. The van der Waals surface area contributed by atoms with E-state index >= 15 is 0 Å². The van der Waals surface area contributed by atoms with Gasteiger partial charge in [0.2, 0.25) is 0 Å². The summed E-state index contributed by atoms with van der Waals surface area (Å²) in [5.41, 5.74) is 0.876. The first-order valence-corrected chi connectivity index (χ1v) is 8.67. The van der Waals surface area contributed by atoms with Crippen molar-refractivity contribution in [3.63, 3.8) is 0 Å². The Kier molecular flexibility index (Phi) is 5.66. The lowest BCUT2D eigenvalue weighted by Crippen LogP contribution is -2.17. The Hall–Kier alpha value is -1.75. The summed E-state index contributed by atoms with van der Waals surface area (Å²) >= 11 is 0. The van der Waals surface area contributed by atoms with Gasteiger partial charge in [0.1, 0.15) is 16.9 Å². The van der Waals surface area contributed by atoms with Crippen LogP contribution in [0.3, 0.4) is 0 Å². The van der Waals surface area contributed by atoms with E-state index in [0.717, 1.165) is 5.56 Å². The smallest absolute Gasteiger partial charge is 0.324 e. The van der Waals surface area contributed by atoms with Crippen molar-refractivity contribution in [2.75, 3.05) is 18.5 Å². The zero-order valence-corrected chi connectivity index (χ0v) is 13.8. The Balaban J connectivity index is 2.45. The molecule has 0 aromatic carbocycles. The van der Waals surface area contributed by atoms with Crippen molar-refractivity contribution in [2.45, 2.75) is 20.8 Å². The first-order chi connectivity index (χ1) is 10.6. The fourth-order valence-corrected chi connectivity index (χ4v) is 3.70. The van der Waals surface area contributed by atoms with Gasteiger partial charge in [0.05, 0.1) is 13.2 Å². The summed E-state index contributed by atoms with van der Waals surface area (Å²) in [5.74, 6) is 1.04.